The van der Waals surface area contributed by atoms with E-state index >= 15 is 0 Å². The Bertz CT molecular complexity index is 1400. The third-order valence-corrected chi connectivity index (χ3v) is 17.9. The monoisotopic (exact) mass is 1190 g/mol. The summed E-state index contributed by atoms with van der Waals surface area (Å²) < 4.78 is 10.8. The van der Waals surface area contributed by atoms with E-state index in [0.29, 0.717) is 12.8 Å². The molecule has 0 bridgehead atoms. The Morgan fingerprint density at radius 2 is 0.506 bits per heavy atom. The number of hydrogen-bond donors (Lipinski definition) is 1. The second kappa shape index (κ2) is 76.1. The van der Waals surface area contributed by atoms with E-state index in [4.69, 9.17) is 9.47 Å². The molecular weight excluding hydrogens is 1040 g/mol. The molecule has 5 nitrogen and oxygen atoms in total. The van der Waals surface area contributed by atoms with Crippen LogP contribution in [-0.2, 0) is 19.1 Å². The molecule has 1 atom stereocenters. The summed E-state index contributed by atoms with van der Waals surface area (Å²) in [4.78, 5) is 24.7. The van der Waals surface area contributed by atoms with Gasteiger partial charge in [0.15, 0.2) is 6.10 Å². The number of esters is 2. The van der Waals surface area contributed by atoms with Gasteiger partial charge in [0.05, 0.1) is 6.61 Å². The van der Waals surface area contributed by atoms with Gasteiger partial charge in [-0.3, -0.25) is 9.59 Å². The maximum absolute atomic E-state index is 12.4. The van der Waals surface area contributed by atoms with Gasteiger partial charge < -0.3 is 14.6 Å². The number of rotatable bonds is 73. The Morgan fingerprint density at radius 1 is 0.282 bits per heavy atom. The second-order valence-electron chi connectivity index (χ2n) is 26.4. The van der Waals surface area contributed by atoms with Gasteiger partial charge in [0.25, 0.3) is 0 Å². The third-order valence-electron chi connectivity index (χ3n) is 17.9. The van der Waals surface area contributed by atoms with Crippen LogP contribution in [0.5, 0.6) is 0 Å². The minimum atomic E-state index is -0.769. The van der Waals surface area contributed by atoms with Gasteiger partial charge in [-0.05, 0) is 51.4 Å². The summed E-state index contributed by atoms with van der Waals surface area (Å²) in [5, 5.41) is 9.72. The molecule has 5 heteroatoms. The standard InChI is InChI=1S/C80H150O5/c1-3-5-7-9-11-13-15-17-19-21-23-25-27-29-31-33-35-37-38-39-40-41-42-43-45-47-49-51-53-55-57-59-61-63-65-67-69-71-73-75-80(83)85-78(76-81)77-84-79(82)74-72-70-68-66-64-62-60-58-56-54-52-50-48-46-44-36-34-32-30-28-26-24-22-20-18-16-14-12-10-8-6-4-2/h5,7,11,13,17,19,23,25,78,81H,3-4,6,8-10,12,14-16,18,20-22,24,26-77H2,1-2H3/b7-5-,13-11-,19-17-,25-23-. The first-order valence-electron chi connectivity index (χ1n) is 38.7. The molecule has 85 heavy (non-hydrogen) atoms. The van der Waals surface area contributed by atoms with E-state index in [-0.39, 0.29) is 25.2 Å². The summed E-state index contributed by atoms with van der Waals surface area (Å²) in [7, 11) is 0. The highest BCUT2D eigenvalue weighted by Crippen LogP contribution is 2.20. The summed E-state index contributed by atoms with van der Waals surface area (Å²) in [6, 6.07) is 0. The maximum Gasteiger partial charge on any atom is 0.306 e. The van der Waals surface area contributed by atoms with Gasteiger partial charge in [-0.2, -0.15) is 0 Å². The lowest BCUT2D eigenvalue weighted by Gasteiger charge is -2.15. The van der Waals surface area contributed by atoms with Gasteiger partial charge in [0.1, 0.15) is 6.61 Å². The lowest BCUT2D eigenvalue weighted by molar-refractivity contribution is -0.161. The van der Waals surface area contributed by atoms with Crippen LogP contribution in [0.25, 0.3) is 0 Å². The zero-order valence-electron chi connectivity index (χ0n) is 57.7. The molecule has 0 radical (unpaired) electrons. The highest BCUT2D eigenvalue weighted by molar-refractivity contribution is 5.70. The molecule has 500 valence electrons. The van der Waals surface area contributed by atoms with Crippen LogP contribution in [0.3, 0.4) is 0 Å². The predicted molar refractivity (Wildman–Crippen MR) is 376 cm³/mol. The van der Waals surface area contributed by atoms with E-state index in [1.807, 2.05) is 0 Å². The molecule has 0 aliphatic heterocycles. The first kappa shape index (κ1) is 82.9. The molecular formula is C80H150O5. The van der Waals surface area contributed by atoms with Gasteiger partial charge in [-0.1, -0.05) is 416 Å². The lowest BCUT2D eigenvalue weighted by atomic mass is 10.0. The largest absolute Gasteiger partial charge is 0.462 e. The van der Waals surface area contributed by atoms with E-state index < -0.39 is 6.10 Å². The number of allylic oxidation sites excluding steroid dienone is 8. The summed E-state index contributed by atoms with van der Waals surface area (Å²) >= 11 is 0. The number of hydrogen-bond acceptors (Lipinski definition) is 5. The van der Waals surface area contributed by atoms with E-state index in [2.05, 4.69) is 62.5 Å². The Labute approximate surface area is 532 Å². The zero-order chi connectivity index (χ0) is 61.2. The van der Waals surface area contributed by atoms with Crippen molar-refractivity contribution in [2.75, 3.05) is 13.2 Å². The van der Waals surface area contributed by atoms with Gasteiger partial charge in [-0.25, -0.2) is 0 Å². The van der Waals surface area contributed by atoms with Crippen molar-refractivity contribution in [3.8, 4) is 0 Å². The first-order valence-corrected chi connectivity index (χ1v) is 38.7. The number of unbranched alkanes of at least 4 members (excludes halogenated alkanes) is 57. The molecule has 1 N–H and O–H groups in total. The van der Waals surface area contributed by atoms with Crippen LogP contribution < -0.4 is 0 Å². The predicted octanol–water partition coefficient (Wildman–Crippen LogP) is 27.1. The summed E-state index contributed by atoms with van der Waals surface area (Å²) in [5.74, 6) is -0.561. The van der Waals surface area contributed by atoms with Crippen LogP contribution in [0.4, 0.5) is 0 Å². The minimum Gasteiger partial charge on any atom is -0.462 e. The smallest absolute Gasteiger partial charge is 0.306 e. The Morgan fingerprint density at radius 3 is 0.765 bits per heavy atom. The molecule has 0 saturated carbocycles. The summed E-state index contributed by atoms with van der Waals surface area (Å²) in [6.07, 6.45) is 103. The van der Waals surface area contributed by atoms with Crippen molar-refractivity contribution in [2.45, 2.75) is 437 Å². The van der Waals surface area contributed by atoms with Gasteiger partial charge in [0, 0.05) is 12.8 Å². The average Bonchev–Trinajstić information content (AvgIpc) is 3.51. The number of aliphatic hydroxyl groups excluding tert-OH is 1. The molecule has 0 spiro atoms. The Kier molecular flexibility index (Phi) is 74.2. The van der Waals surface area contributed by atoms with Crippen molar-refractivity contribution in [1.29, 1.82) is 0 Å². The van der Waals surface area contributed by atoms with Crippen LogP contribution >= 0.6 is 0 Å². The van der Waals surface area contributed by atoms with Crippen LogP contribution in [0, 0.1) is 0 Å². The average molecular weight is 1190 g/mol. The van der Waals surface area contributed by atoms with Crippen molar-refractivity contribution < 1.29 is 24.2 Å². The number of carbonyl (C=O) groups excluding carboxylic acids is 2. The molecule has 0 aromatic rings. The van der Waals surface area contributed by atoms with E-state index in [9.17, 15) is 14.7 Å². The third kappa shape index (κ3) is 74.2. The summed E-state index contributed by atoms with van der Waals surface area (Å²) in [6.45, 7) is 4.10. The van der Waals surface area contributed by atoms with Gasteiger partial charge >= 0.3 is 11.9 Å². The fourth-order valence-electron chi connectivity index (χ4n) is 12.1. The van der Waals surface area contributed by atoms with Crippen LogP contribution in [-0.4, -0.2) is 36.4 Å². The number of aliphatic hydroxyl groups is 1. The van der Waals surface area contributed by atoms with E-state index in [1.54, 1.807) is 0 Å². The summed E-state index contributed by atoms with van der Waals surface area (Å²) in [5.41, 5.74) is 0. The molecule has 0 aliphatic rings. The SMILES string of the molecule is CC/C=C\C/C=C\C/C=C\C/C=C\CCCCCCCCCCCCCCCCCCCCCCCCCCCCC(=O)OC(CO)COC(=O)CCCCCCCCCCCCCCCCCCCCCCCCCCCCCCCCCC. The molecule has 0 fully saturated rings. The van der Waals surface area contributed by atoms with Crippen LogP contribution in [0.15, 0.2) is 48.6 Å². The van der Waals surface area contributed by atoms with Crippen molar-refractivity contribution in [3.05, 3.63) is 48.6 Å². The maximum atomic E-state index is 12.4. The molecule has 0 aliphatic carbocycles. The highest BCUT2D eigenvalue weighted by atomic mass is 16.6. The fourth-order valence-corrected chi connectivity index (χ4v) is 12.1. The topological polar surface area (TPSA) is 72.8 Å². The molecule has 0 amide bonds. The first-order chi connectivity index (χ1) is 42.1. The normalized spacial score (nSPS) is 12.4. The van der Waals surface area contributed by atoms with Crippen molar-refractivity contribution in [1.82, 2.24) is 0 Å². The number of carbonyl (C=O) groups is 2. The Balaban J connectivity index is 3.36. The molecule has 0 saturated heterocycles. The van der Waals surface area contributed by atoms with E-state index in [0.717, 1.165) is 57.8 Å². The van der Waals surface area contributed by atoms with Crippen LogP contribution in [0.1, 0.15) is 431 Å². The quantitative estimate of drug-likeness (QED) is 0.0373. The molecule has 0 aromatic carbocycles. The van der Waals surface area contributed by atoms with Crippen molar-refractivity contribution in [3.63, 3.8) is 0 Å². The zero-order valence-corrected chi connectivity index (χ0v) is 57.7. The Hall–Kier alpha value is -2.14. The fraction of sp³-hybridized carbons (Fsp3) is 0.875. The van der Waals surface area contributed by atoms with Crippen molar-refractivity contribution in [2.24, 2.45) is 0 Å². The van der Waals surface area contributed by atoms with E-state index in [1.165, 1.54) is 347 Å². The molecule has 1 unspecified atom stereocenters. The molecule has 0 rings (SSSR count). The lowest BCUT2D eigenvalue weighted by Crippen LogP contribution is -2.28. The second-order valence-corrected chi connectivity index (χ2v) is 26.4. The van der Waals surface area contributed by atoms with Crippen molar-refractivity contribution >= 4 is 11.9 Å². The van der Waals surface area contributed by atoms with Gasteiger partial charge in [0.2, 0.25) is 0 Å². The highest BCUT2D eigenvalue weighted by Gasteiger charge is 2.16. The van der Waals surface area contributed by atoms with Crippen LogP contribution in [0.2, 0.25) is 0 Å². The van der Waals surface area contributed by atoms with Gasteiger partial charge in [-0.15, -0.1) is 0 Å². The minimum absolute atomic E-state index is 0.0579. The molecule has 0 heterocycles. The number of ether oxygens (including phenoxy) is 2. The molecule has 0 aromatic heterocycles.